The zero-order valence-electron chi connectivity index (χ0n) is 12.0. The van der Waals surface area contributed by atoms with Gasteiger partial charge >= 0.3 is 5.97 Å². The molecule has 1 N–H and O–H groups in total. The fraction of sp³-hybridized carbons (Fsp3) is 0.214. The molecule has 0 bridgehead atoms. The number of aromatic nitrogens is 2. The molecule has 9 heteroatoms. The van der Waals surface area contributed by atoms with Gasteiger partial charge in [-0.05, 0) is 25.1 Å². The third kappa shape index (κ3) is 2.91. The van der Waals surface area contributed by atoms with Crippen molar-refractivity contribution in [2.24, 2.45) is 0 Å². The summed E-state index contributed by atoms with van der Waals surface area (Å²) >= 11 is 11.9. The van der Waals surface area contributed by atoms with Crippen molar-refractivity contribution in [3.8, 4) is 0 Å². The van der Waals surface area contributed by atoms with E-state index in [9.17, 15) is 14.7 Å². The molecule has 0 saturated heterocycles. The van der Waals surface area contributed by atoms with Crippen molar-refractivity contribution >= 4 is 54.3 Å². The Morgan fingerprint density at radius 1 is 1.35 bits per heavy atom. The quantitative estimate of drug-likeness (QED) is 0.876. The van der Waals surface area contributed by atoms with Gasteiger partial charge in [0.1, 0.15) is 11.3 Å². The van der Waals surface area contributed by atoms with Gasteiger partial charge in [-0.25, -0.2) is 4.79 Å². The maximum Gasteiger partial charge on any atom is 0.339 e. The molecule has 6 nitrogen and oxygen atoms in total. The van der Waals surface area contributed by atoms with Crippen molar-refractivity contribution in [3.05, 3.63) is 45.7 Å². The molecule has 1 aliphatic rings. The van der Waals surface area contributed by atoms with Gasteiger partial charge in [-0.1, -0.05) is 23.2 Å². The number of carboxylic acid groups (broad SMARTS) is 1. The molecule has 0 aliphatic carbocycles. The van der Waals surface area contributed by atoms with E-state index < -0.39 is 11.9 Å². The first-order valence-corrected chi connectivity index (χ1v) is 7.23. The van der Waals surface area contributed by atoms with Gasteiger partial charge < -0.3 is 10.0 Å². The van der Waals surface area contributed by atoms with E-state index in [2.05, 4.69) is 5.10 Å². The van der Waals surface area contributed by atoms with Crippen LogP contribution in [0.5, 0.6) is 0 Å². The number of anilines is 1. The number of hydrogen-bond donors (Lipinski definition) is 1. The van der Waals surface area contributed by atoms with Crippen LogP contribution in [-0.2, 0) is 0 Å². The van der Waals surface area contributed by atoms with Crippen LogP contribution >= 0.6 is 36.7 Å². The highest BCUT2D eigenvalue weighted by molar-refractivity contribution is 7.59. The summed E-state index contributed by atoms with van der Waals surface area (Å²) < 4.78 is 1.44. The zero-order chi connectivity index (χ0) is 16.0. The molecule has 3 rings (SSSR count). The Morgan fingerprint density at radius 3 is 2.65 bits per heavy atom. The van der Waals surface area contributed by atoms with Crippen molar-refractivity contribution in [1.82, 2.24) is 9.78 Å². The Morgan fingerprint density at radius 2 is 2.04 bits per heavy atom. The third-order valence-electron chi connectivity index (χ3n) is 3.55. The predicted octanol–water partition coefficient (Wildman–Crippen LogP) is 3.22. The molecule has 2 aromatic rings. The molecular formula is C14H13Cl2N3O3S. The van der Waals surface area contributed by atoms with E-state index in [1.54, 1.807) is 18.2 Å². The summed E-state index contributed by atoms with van der Waals surface area (Å²) in [6.07, 6.45) is 1.20. The minimum absolute atomic E-state index is 0. The first kappa shape index (κ1) is 17.7. The normalized spacial score (nSPS) is 16.7. The minimum Gasteiger partial charge on any atom is -0.478 e. The average molecular weight is 374 g/mol. The van der Waals surface area contributed by atoms with Crippen LogP contribution in [0.1, 0.15) is 33.8 Å². The van der Waals surface area contributed by atoms with Crippen molar-refractivity contribution in [2.75, 3.05) is 11.4 Å². The minimum atomic E-state index is -1.18. The van der Waals surface area contributed by atoms with Crippen LogP contribution in [-0.4, -0.2) is 33.3 Å². The SMILES string of the molecule is C[C@H]1CN(c2ccc(Cl)c(Cl)c2)C(=O)c2c(C(=O)O)cnn21.S. The van der Waals surface area contributed by atoms with Crippen molar-refractivity contribution < 1.29 is 14.7 Å². The van der Waals surface area contributed by atoms with Crippen LogP contribution in [0.15, 0.2) is 24.4 Å². The summed E-state index contributed by atoms with van der Waals surface area (Å²) in [6, 6.07) is 4.70. The summed E-state index contributed by atoms with van der Waals surface area (Å²) in [5, 5.41) is 13.9. The number of amides is 1. The van der Waals surface area contributed by atoms with Gasteiger partial charge in [0, 0.05) is 12.2 Å². The summed E-state index contributed by atoms with van der Waals surface area (Å²) in [6.45, 7) is 2.23. The number of carboxylic acids is 1. The Balaban J connectivity index is 0.00000192. The number of halogens is 2. The molecular weight excluding hydrogens is 361 g/mol. The van der Waals surface area contributed by atoms with Crippen LogP contribution in [0.25, 0.3) is 0 Å². The topological polar surface area (TPSA) is 75.4 Å². The number of aromatic carboxylic acids is 1. The second-order valence-corrected chi connectivity index (χ2v) is 5.83. The van der Waals surface area contributed by atoms with E-state index in [0.717, 1.165) is 0 Å². The molecule has 2 heterocycles. The van der Waals surface area contributed by atoms with Crippen LogP contribution in [0.4, 0.5) is 5.69 Å². The molecule has 1 amide bonds. The lowest BCUT2D eigenvalue weighted by Crippen LogP contribution is -2.43. The average Bonchev–Trinajstić information content (AvgIpc) is 2.92. The smallest absolute Gasteiger partial charge is 0.339 e. The molecule has 0 radical (unpaired) electrons. The van der Waals surface area contributed by atoms with E-state index in [1.807, 2.05) is 6.92 Å². The molecule has 1 aromatic carbocycles. The number of carbonyl (C=O) groups excluding carboxylic acids is 1. The van der Waals surface area contributed by atoms with E-state index in [-0.39, 0.29) is 30.8 Å². The highest BCUT2D eigenvalue weighted by atomic mass is 35.5. The molecule has 122 valence electrons. The number of carbonyl (C=O) groups is 2. The standard InChI is InChI=1S/C14H11Cl2N3O3.H2S/c1-7-6-18(8-2-3-10(15)11(16)4-8)13(20)12-9(14(21)22)5-17-19(7)12;/h2-5,7H,6H2,1H3,(H,21,22);1H2/t7-;/m0./s1. The zero-order valence-corrected chi connectivity index (χ0v) is 14.5. The van der Waals surface area contributed by atoms with E-state index in [1.165, 1.54) is 15.8 Å². The molecule has 0 saturated carbocycles. The maximum atomic E-state index is 12.7. The van der Waals surface area contributed by atoms with Gasteiger partial charge in [0.15, 0.2) is 0 Å². The van der Waals surface area contributed by atoms with E-state index in [4.69, 9.17) is 23.2 Å². The summed E-state index contributed by atoms with van der Waals surface area (Å²) in [7, 11) is 0. The van der Waals surface area contributed by atoms with Gasteiger partial charge in [-0.3, -0.25) is 9.48 Å². The highest BCUT2D eigenvalue weighted by Gasteiger charge is 2.35. The number of nitrogens with zero attached hydrogens (tertiary/aromatic N) is 3. The van der Waals surface area contributed by atoms with Crippen LogP contribution in [0, 0.1) is 0 Å². The fourth-order valence-electron chi connectivity index (χ4n) is 2.49. The summed E-state index contributed by atoms with van der Waals surface area (Å²) in [5.41, 5.74) is 0.522. The number of rotatable bonds is 2. The molecule has 0 unspecified atom stereocenters. The Hall–Kier alpha value is -1.70. The lowest BCUT2D eigenvalue weighted by molar-refractivity contribution is 0.0690. The van der Waals surface area contributed by atoms with Gasteiger partial charge in [-0.2, -0.15) is 18.6 Å². The molecule has 1 aliphatic heterocycles. The molecule has 1 aromatic heterocycles. The van der Waals surface area contributed by atoms with Crippen LogP contribution in [0.3, 0.4) is 0 Å². The highest BCUT2D eigenvalue weighted by Crippen LogP contribution is 2.32. The predicted molar refractivity (Wildman–Crippen MR) is 92.4 cm³/mol. The largest absolute Gasteiger partial charge is 0.478 e. The Bertz CT molecular complexity index is 794. The number of hydrogen-bond acceptors (Lipinski definition) is 3. The fourth-order valence-corrected chi connectivity index (χ4v) is 2.79. The van der Waals surface area contributed by atoms with E-state index >= 15 is 0 Å². The lowest BCUT2D eigenvalue weighted by Gasteiger charge is -2.32. The van der Waals surface area contributed by atoms with Gasteiger partial charge in [0.2, 0.25) is 0 Å². The van der Waals surface area contributed by atoms with Gasteiger partial charge in [-0.15, -0.1) is 0 Å². The Kier molecular flexibility index (Phi) is 4.93. The van der Waals surface area contributed by atoms with Crippen molar-refractivity contribution in [3.63, 3.8) is 0 Å². The van der Waals surface area contributed by atoms with Crippen LogP contribution < -0.4 is 4.90 Å². The summed E-state index contributed by atoms with van der Waals surface area (Å²) in [5.74, 6) is -1.61. The second-order valence-electron chi connectivity index (χ2n) is 5.02. The number of fused-ring (bicyclic) bond motifs is 1. The molecule has 0 fully saturated rings. The van der Waals surface area contributed by atoms with Crippen molar-refractivity contribution in [2.45, 2.75) is 13.0 Å². The van der Waals surface area contributed by atoms with Gasteiger partial charge in [0.25, 0.3) is 5.91 Å². The first-order chi connectivity index (χ1) is 10.4. The first-order valence-electron chi connectivity index (χ1n) is 6.48. The molecule has 1 atom stereocenters. The Labute approximate surface area is 149 Å². The molecule has 23 heavy (non-hydrogen) atoms. The second kappa shape index (κ2) is 6.43. The maximum absolute atomic E-state index is 12.7. The summed E-state index contributed by atoms with van der Waals surface area (Å²) in [4.78, 5) is 25.4. The van der Waals surface area contributed by atoms with Gasteiger partial charge in [0.05, 0.1) is 22.3 Å². The third-order valence-corrected chi connectivity index (χ3v) is 4.29. The van der Waals surface area contributed by atoms with Crippen LogP contribution in [0.2, 0.25) is 10.0 Å². The van der Waals surface area contributed by atoms with Crippen molar-refractivity contribution in [1.29, 1.82) is 0 Å². The monoisotopic (exact) mass is 373 g/mol. The lowest BCUT2D eigenvalue weighted by atomic mass is 10.1. The number of benzene rings is 1. The molecule has 0 spiro atoms. The van der Waals surface area contributed by atoms with E-state index in [0.29, 0.717) is 22.3 Å².